The Bertz CT molecular complexity index is 481. The van der Waals surface area contributed by atoms with Gasteiger partial charge in [-0.1, -0.05) is 13.8 Å². The fraction of sp³-hybridized carbons (Fsp3) is 0.692. The highest BCUT2D eigenvalue weighted by atomic mass is 79.9. The molecule has 1 fully saturated rings. The third-order valence-electron chi connectivity index (χ3n) is 3.13. The summed E-state index contributed by atoms with van der Waals surface area (Å²) in [6.45, 7) is 7.20. The molecule has 2 heterocycles. The first-order valence-corrected chi connectivity index (χ1v) is 7.44. The van der Waals surface area contributed by atoms with Crippen LogP contribution in [0.1, 0.15) is 20.3 Å². The van der Waals surface area contributed by atoms with Crippen molar-refractivity contribution in [2.45, 2.75) is 26.8 Å². The second kappa shape index (κ2) is 6.52. The molecule has 1 aromatic heterocycles. The molecule has 0 bridgehead atoms. The van der Waals surface area contributed by atoms with E-state index in [1.165, 1.54) is 4.68 Å². The molecular weight excluding hydrogens is 310 g/mol. The molecule has 0 radical (unpaired) electrons. The lowest BCUT2D eigenvalue weighted by molar-refractivity contribution is 0.187. The number of halogens is 1. The van der Waals surface area contributed by atoms with E-state index in [0.29, 0.717) is 22.9 Å². The summed E-state index contributed by atoms with van der Waals surface area (Å²) in [6.07, 6.45) is 2.78. The van der Waals surface area contributed by atoms with Crippen molar-refractivity contribution in [2.75, 3.05) is 25.1 Å². The molecule has 2 rings (SSSR count). The zero-order chi connectivity index (χ0) is 13.8. The Morgan fingerprint density at radius 3 is 3.05 bits per heavy atom. The first kappa shape index (κ1) is 14.5. The van der Waals surface area contributed by atoms with Crippen LogP contribution in [0, 0.1) is 11.8 Å². The molecule has 0 saturated carbocycles. The maximum Gasteiger partial charge on any atom is 0.283 e. The number of hydrogen-bond donors (Lipinski definition) is 1. The first-order chi connectivity index (χ1) is 9.08. The number of rotatable bonds is 5. The summed E-state index contributed by atoms with van der Waals surface area (Å²) < 4.78 is 7.39. The molecule has 1 unspecified atom stereocenters. The molecule has 0 spiro atoms. The quantitative estimate of drug-likeness (QED) is 0.898. The fourth-order valence-electron chi connectivity index (χ4n) is 2.06. The van der Waals surface area contributed by atoms with Crippen LogP contribution >= 0.6 is 15.9 Å². The van der Waals surface area contributed by atoms with Crippen LogP contribution in [0.4, 0.5) is 5.69 Å². The van der Waals surface area contributed by atoms with Crippen molar-refractivity contribution in [2.24, 2.45) is 11.8 Å². The van der Waals surface area contributed by atoms with Gasteiger partial charge in [0.2, 0.25) is 0 Å². The summed E-state index contributed by atoms with van der Waals surface area (Å²) in [5.74, 6) is 0.913. The lowest BCUT2D eigenvalue weighted by Gasteiger charge is -2.13. The maximum absolute atomic E-state index is 12.1. The highest BCUT2D eigenvalue weighted by molar-refractivity contribution is 9.10. The molecule has 6 heteroatoms. The van der Waals surface area contributed by atoms with Gasteiger partial charge in [0.25, 0.3) is 5.56 Å². The Balaban J connectivity index is 2.05. The average Bonchev–Trinajstić information content (AvgIpc) is 2.87. The Labute approximate surface area is 121 Å². The first-order valence-electron chi connectivity index (χ1n) is 6.65. The minimum Gasteiger partial charge on any atom is -0.382 e. The molecule has 0 aliphatic carbocycles. The topological polar surface area (TPSA) is 56.1 Å². The molecule has 1 aliphatic rings. The Morgan fingerprint density at radius 1 is 1.63 bits per heavy atom. The van der Waals surface area contributed by atoms with Crippen LogP contribution in [0.25, 0.3) is 0 Å². The largest absolute Gasteiger partial charge is 0.382 e. The molecule has 106 valence electrons. The van der Waals surface area contributed by atoms with Gasteiger partial charge in [0, 0.05) is 25.6 Å². The van der Waals surface area contributed by atoms with Crippen LogP contribution in [0.3, 0.4) is 0 Å². The van der Waals surface area contributed by atoms with Gasteiger partial charge in [-0.05, 0) is 28.3 Å². The number of ether oxygens (including phenoxy) is 1. The number of aromatic nitrogens is 2. The predicted octanol–water partition coefficient (Wildman–Crippen LogP) is 2.11. The molecule has 1 N–H and O–H groups in total. The lowest BCUT2D eigenvalue weighted by Crippen LogP contribution is -2.27. The minimum absolute atomic E-state index is 0.0821. The van der Waals surface area contributed by atoms with Gasteiger partial charge < -0.3 is 10.1 Å². The van der Waals surface area contributed by atoms with Gasteiger partial charge in [-0.25, -0.2) is 4.68 Å². The van der Waals surface area contributed by atoms with Crippen molar-refractivity contribution < 1.29 is 4.74 Å². The van der Waals surface area contributed by atoms with E-state index >= 15 is 0 Å². The van der Waals surface area contributed by atoms with Crippen LogP contribution < -0.4 is 10.9 Å². The van der Waals surface area contributed by atoms with Gasteiger partial charge >= 0.3 is 0 Å². The van der Waals surface area contributed by atoms with Crippen LogP contribution in [-0.4, -0.2) is 29.5 Å². The number of anilines is 1. The number of nitrogens with one attached hydrogen (secondary N) is 1. The van der Waals surface area contributed by atoms with E-state index in [0.717, 1.165) is 31.9 Å². The maximum atomic E-state index is 12.1. The predicted molar refractivity (Wildman–Crippen MR) is 78.5 cm³/mol. The Kier molecular flexibility index (Phi) is 4.99. The summed E-state index contributed by atoms with van der Waals surface area (Å²) in [5.41, 5.74) is 0.679. The average molecular weight is 330 g/mol. The second-order valence-corrected chi connectivity index (χ2v) is 6.16. The molecule has 0 amide bonds. The van der Waals surface area contributed by atoms with Gasteiger partial charge in [0.1, 0.15) is 4.47 Å². The number of nitrogens with zero attached hydrogens (tertiary/aromatic N) is 2. The van der Waals surface area contributed by atoms with Gasteiger partial charge in [-0.15, -0.1) is 0 Å². The van der Waals surface area contributed by atoms with Gasteiger partial charge in [0.15, 0.2) is 0 Å². The van der Waals surface area contributed by atoms with Gasteiger partial charge in [-0.3, -0.25) is 4.79 Å². The van der Waals surface area contributed by atoms with Gasteiger partial charge in [0.05, 0.1) is 18.5 Å². The van der Waals surface area contributed by atoms with E-state index < -0.39 is 0 Å². The molecular formula is C13H20BrN3O2. The van der Waals surface area contributed by atoms with Crippen LogP contribution in [0.5, 0.6) is 0 Å². The third-order valence-corrected chi connectivity index (χ3v) is 3.89. The summed E-state index contributed by atoms with van der Waals surface area (Å²) in [4.78, 5) is 12.1. The smallest absolute Gasteiger partial charge is 0.283 e. The zero-order valence-corrected chi connectivity index (χ0v) is 12.9. The zero-order valence-electron chi connectivity index (χ0n) is 11.4. The highest BCUT2D eigenvalue weighted by Crippen LogP contribution is 2.19. The number of hydrogen-bond acceptors (Lipinski definition) is 4. The normalized spacial score (nSPS) is 19.1. The monoisotopic (exact) mass is 329 g/mol. The van der Waals surface area contributed by atoms with Crippen molar-refractivity contribution in [3.8, 4) is 0 Å². The molecule has 5 nitrogen and oxygen atoms in total. The van der Waals surface area contributed by atoms with E-state index in [2.05, 4.69) is 40.2 Å². The van der Waals surface area contributed by atoms with Gasteiger partial charge in [-0.2, -0.15) is 5.10 Å². The van der Waals surface area contributed by atoms with E-state index in [1.54, 1.807) is 6.20 Å². The lowest BCUT2D eigenvalue weighted by atomic mass is 10.1. The molecule has 1 saturated heterocycles. The SMILES string of the molecule is CC(C)Cn1ncc(NCC2CCOC2)c(Br)c1=O. The highest BCUT2D eigenvalue weighted by Gasteiger charge is 2.16. The van der Waals surface area contributed by atoms with Crippen LogP contribution in [0.2, 0.25) is 0 Å². The molecule has 19 heavy (non-hydrogen) atoms. The molecule has 1 atom stereocenters. The van der Waals surface area contributed by atoms with E-state index in [1.807, 2.05) is 0 Å². The molecule has 0 aromatic carbocycles. The van der Waals surface area contributed by atoms with Crippen molar-refractivity contribution in [1.29, 1.82) is 0 Å². The van der Waals surface area contributed by atoms with E-state index in [9.17, 15) is 4.79 Å². The standard InChI is InChI=1S/C13H20BrN3O2/c1-9(2)7-17-13(18)12(14)11(6-16-17)15-5-10-3-4-19-8-10/h6,9-10,15H,3-5,7-8H2,1-2H3. The van der Waals surface area contributed by atoms with E-state index in [-0.39, 0.29) is 5.56 Å². The summed E-state index contributed by atoms with van der Waals surface area (Å²) in [6, 6.07) is 0. The summed E-state index contributed by atoms with van der Waals surface area (Å²) >= 11 is 3.36. The van der Waals surface area contributed by atoms with Crippen LogP contribution in [0.15, 0.2) is 15.5 Å². The Hall–Kier alpha value is -0.880. The third kappa shape index (κ3) is 3.79. The fourth-order valence-corrected chi connectivity index (χ4v) is 2.51. The van der Waals surface area contributed by atoms with E-state index in [4.69, 9.17) is 4.74 Å². The van der Waals surface area contributed by atoms with Crippen molar-refractivity contribution >= 4 is 21.6 Å². The Morgan fingerprint density at radius 2 is 2.42 bits per heavy atom. The molecule has 1 aromatic rings. The van der Waals surface area contributed by atoms with Crippen molar-refractivity contribution in [3.05, 3.63) is 21.0 Å². The molecule has 1 aliphatic heterocycles. The summed E-state index contributed by atoms with van der Waals surface area (Å²) in [5, 5.41) is 7.48. The summed E-state index contributed by atoms with van der Waals surface area (Å²) in [7, 11) is 0. The minimum atomic E-state index is -0.0821. The van der Waals surface area contributed by atoms with Crippen molar-refractivity contribution in [3.63, 3.8) is 0 Å². The second-order valence-electron chi connectivity index (χ2n) is 5.36. The van der Waals surface area contributed by atoms with Crippen LogP contribution in [-0.2, 0) is 11.3 Å². The van der Waals surface area contributed by atoms with Crippen molar-refractivity contribution in [1.82, 2.24) is 9.78 Å².